The van der Waals surface area contributed by atoms with Gasteiger partial charge in [0.25, 0.3) is 0 Å². The molecule has 19 heavy (non-hydrogen) atoms. The number of carbonyl (C=O) groups is 1. The molecule has 1 N–H and O–H groups in total. The van der Waals surface area contributed by atoms with E-state index in [1.165, 1.54) is 0 Å². The van der Waals surface area contributed by atoms with E-state index in [-0.39, 0.29) is 18.2 Å². The van der Waals surface area contributed by atoms with E-state index in [1.807, 2.05) is 0 Å². The van der Waals surface area contributed by atoms with Gasteiger partial charge < -0.3 is 15.0 Å². The van der Waals surface area contributed by atoms with Gasteiger partial charge >= 0.3 is 6.03 Å². The fourth-order valence-corrected chi connectivity index (χ4v) is 2.72. The van der Waals surface area contributed by atoms with E-state index < -0.39 is 0 Å². The number of hydrogen-bond donors (Lipinski definition) is 1. The van der Waals surface area contributed by atoms with Crippen molar-refractivity contribution < 1.29 is 9.53 Å². The van der Waals surface area contributed by atoms with Gasteiger partial charge in [0.1, 0.15) is 0 Å². The Kier molecular flexibility index (Phi) is 4.71. The molecule has 2 amide bonds. The first-order valence-corrected chi connectivity index (χ1v) is 7.71. The lowest BCUT2D eigenvalue weighted by atomic mass is 10.0. The van der Waals surface area contributed by atoms with Crippen LogP contribution in [0.5, 0.6) is 0 Å². The second-order valence-electron chi connectivity index (χ2n) is 6.41. The molecule has 2 rings (SSSR count). The van der Waals surface area contributed by atoms with Crippen molar-refractivity contribution in [3.05, 3.63) is 0 Å². The normalized spacial score (nSPS) is 26.3. The third-order valence-electron chi connectivity index (χ3n) is 4.45. The van der Waals surface area contributed by atoms with Crippen LogP contribution in [0, 0.1) is 5.92 Å². The van der Waals surface area contributed by atoms with E-state index in [0.717, 1.165) is 32.3 Å². The van der Waals surface area contributed by atoms with Gasteiger partial charge in [0.15, 0.2) is 0 Å². The number of nitrogens with zero attached hydrogens (tertiary/aromatic N) is 1. The Balaban J connectivity index is 1.91. The average Bonchev–Trinajstić information content (AvgIpc) is 3.02. The van der Waals surface area contributed by atoms with Crippen molar-refractivity contribution in [3.8, 4) is 0 Å². The molecule has 1 saturated carbocycles. The van der Waals surface area contributed by atoms with Crippen LogP contribution >= 0.6 is 0 Å². The lowest BCUT2D eigenvalue weighted by Gasteiger charge is -2.34. The predicted octanol–water partition coefficient (Wildman–Crippen LogP) is 2.77. The largest absolute Gasteiger partial charge is 0.376 e. The maximum absolute atomic E-state index is 12.5. The van der Waals surface area contributed by atoms with E-state index in [9.17, 15) is 4.79 Å². The summed E-state index contributed by atoms with van der Waals surface area (Å²) >= 11 is 0. The van der Waals surface area contributed by atoms with Crippen LogP contribution in [0.2, 0.25) is 0 Å². The van der Waals surface area contributed by atoms with Crippen molar-refractivity contribution in [1.82, 2.24) is 10.2 Å². The van der Waals surface area contributed by atoms with Crippen molar-refractivity contribution >= 4 is 6.03 Å². The van der Waals surface area contributed by atoms with Crippen LogP contribution in [0.1, 0.15) is 53.4 Å². The van der Waals surface area contributed by atoms with Crippen molar-refractivity contribution in [2.75, 3.05) is 6.61 Å². The zero-order chi connectivity index (χ0) is 14.0. The molecule has 1 heterocycles. The molecule has 0 unspecified atom stereocenters. The van der Waals surface area contributed by atoms with Crippen LogP contribution in [-0.2, 0) is 4.74 Å². The lowest BCUT2D eigenvalue weighted by Crippen LogP contribution is -2.52. The van der Waals surface area contributed by atoms with Crippen molar-refractivity contribution in [1.29, 1.82) is 0 Å². The summed E-state index contributed by atoms with van der Waals surface area (Å²) in [5, 5.41) is 3.14. The fraction of sp³-hybridized carbons (Fsp3) is 0.933. The summed E-state index contributed by atoms with van der Waals surface area (Å²) in [7, 11) is 0. The molecule has 3 atom stereocenters. The van der Waals surface area contributed by atoms with E-state index in [0.29, 0.717) is 18.0 Å². The van der Waals surface area contributed by atoms with Gasteiger partial charge in [0, 0.05) is 18.7 Å². The minimum absolute atomic E-state index is 0.0895. The minimum atomic E-state index is 0.0895. The molecule has 1 aliphatic heterocycles. The second kappa shape index (κ2) is 6.12. The van der Waals surface area contributed by atoms with Gasteiger partial charge in [-0.1, -0.05) is 13.8 Å². The summed E-state index contributed by atoms with van der Waals surface area (Å²) in [5.74, 6) is 0.490. The van der Waals surface area contributed by atoms with Crippen LogP contribution in [0.4, 0.5) is 4.79 Å². The first kappa shape index (κ1) is 14.6. The zero-order valence-corrected chi connectivity index (χ0v) is 12.7. The van der Waals surface area contributed by atoms with Gasteiger partial charge in [-0.05, 0) is 45.4 Å². The highest BCUT2D eigenvalue weighted by atomic mass is 16.5. The molecule has 0 spiro atoms. The van der Waals surface area contributed by atoms with Crippen LogP contribution in [0.15, 0.2) is 0 Å². The van der Waals surface area contributed by atoms with Crippen molar-refractivity contribution in [2.45, 2.75) is 77.6 Å². The number of ether oxygens (including phenoxy) is 1. The lowest BCUT2D eigenvalue weighted by molar-refractivity contribution is 0.0804. The van der Waals surface area contributed by atoms with Gasteiger partial charge in [-0.25, -0.2) is 4.79 Å². The Morgan fingerprint density at radius 1 is 1.21 bits per heavy atom. The summed E-state index contributed by atoms with van der Waals surface area (Å²) in [4.78, 5) is 14.5. The zero-order valence-electron chi connectivity index (χ0n) is 12.7. The Labute approximate surface area is 116 Å². The standard InChI is InChI=1S/C15H28N2O2/c1-10(2)12(4)17(13-7-8-13)15(18)16-11(3)14-6-5-9-19-14/h10-14H,5-9H2,1-4H3,(H,16,18)/t11-,12-,14-/m0/s1. The molecular weight excluding hydrogens is 240 g/mol. The molecule has 2 aliphatic rings. The van der Waals surface area contributed by atoms with Gasteiger partial charge in [0.2, 0.25) is 0 Å². The monoisotopic (exact) mass is 268 g/mol. The van der Waals surface area contributed by atoms with Gasteiger partial charge in [-0.2, -0.15) is 0 Å². The molecule has 0 radical (unpaired) electrons. The minimum Gasteiger partial charge on any atom is -0.376 e. The molecule has 1 saturated heterocycles. The molecule has 0 aromatic heterocycles. The van der Waals surface area contributed by atoms with E-state index in [1.54, 1.807) is 0 Å². The summed E-state index contributed by atoms with van der Waals surface area (Å²) < 4.78 is 5.65. The smallest absolute Gasteiger partial charge is 0.318 e. The third-order valence-corrected chi connectivity index (χ3v) is 4.45. The molecule has 1 aliphatic carbocycles. The number of carbonyl (C=O) groups excluding carboxylic acids is 1. The second-order valence-corrected chi connectivity index (χ2v) is 6.41. The molecule has 110 valence electrons. The summed E-state index contributed by atoms with van der Waals surface area (Å²) in [6, 6.07) is 0.945. The predicted molar refractivity (Wildman–Crippen MR) is 76.1 cm³/mol. The van der Waals surface area contributed by atoms with E-state index in [4.69, 9.17) is 4.74 Å². The van der Waals surface area contributed by atoms with E-state index in [2.05, 4.69) is 37.9 Å². The third kappa shape index (κ3) is 3.62. The number of hydrogen-bond acceptors (Lipinski definition) is 2. The summed E-state index contributed by atoms with van der Waals surface area (Å²) in [6.45, 7) is 9.39. The summed E-state index contributed by atoms with van der Waals surface area (Å²) in [5.41, 5.74) is 0. The molecule has 0 bridgehead atoms. The van der Waals surface area contributed by atoms with Crippen LogP contribution in [0.25, 0.3) is 0 Å². The topological polar surface area (TPSA) is 41.6 Å². The Bertz CT molecular complexity index is 309. The van der Waals surface area contributed by atoms with Crippen molar-refractivity contribution in [2.24, 2.45) is 5.92 Å². The molecular formula is C15H28N2O2. The first-order chi connectivity index (χ1) is 9.00. The van der Waals surface area contributed by atoms with Gasteiger partial charge in [-0.15, -0.1) is 0 Å². The Morgan fingerprint density at radius 3 is 2.37 bits per heavy atom. The fourth-order valence-electron chi connectivity index (χ4n) is 2.72. The van der Waals surface area contributed by atoms with Gasteiger partial charge in [-0.3, -0.25) is 0 Å². The quantitative estimate of drug-likeness (QED) is 0.833. The maximum atomic E-state index is 12.5. The van der Waals surface area contributed by atoms with Crippen molar-refractivity contribution in [3.63, 3.8) is 0 Å². The van der Waals surface area contributed by atoms with E-state index >= 15 is 0 Å². The number of urea groups is 1. The Morgan fingerprint density at radius 2 is 1.89 bits per heavy atom. The van der Waals surface area contributed by atoms with Crippen LogP contribution < -0.4 is 5.32 Å². The van der Waals surface area contributed by atoms with Gasteiger partial charge in [0.05, 0.1) is 12.1 Å². The maximum Gasteiger partial charge on any atom is 0.318 e. The molecule has 4 nitrogen and oxygen atoms in total. The molecule has 2 fully saturated rings. The molecule has 4 heteroatoms. The van der Waals surface area contributed by atoms with Crippen LogP contribution in [-0.4, -0.2) is 41.8 Å². The highest BCUT2D eigenvalue weighted by Gasteiger charge is 2.37. The highest BCUT2D eigenvalue weighted by Crippen LogP contribution is 2.30. The summed E-state index contributed by atoms with van der Waals surface area (Å²) in [6.07, 6.45) is 4.67. The average molecular weight is 268 g/mol. The number of amides is 2. The Hall–Kier alpha value is -0.770. The SMILES string of the molecule is CC(C)[C@H](C)N(C(=O)N[C@@H](C)[C@@H]1CCCO1)C1CC1. The molecule has 0 aromatic rings. The number of nitrogens with one attached hydrogen (secondary N) is 1. The first-order valence-electron chi connectivity index (χ1n) is 7.71. The number of rotatable bonds is 5. The molecule has 0 aromatic carbocycles. The van der Waals surface area contributed by atoms with Crippen LogP contribution in [0.3, 0.4) is 0 Å². The highest BCUT2D eigenvalue weighted by molar-refractivity contribution is 5.75.